The summed E-state index contributed by atoms with van der Waals surface area (Å²) < 4.78 is 18.4. The van der Waals surface area contributed by atoms with Gasteiger partial charge in [-0.15, -0.1) is 0 Å². The minimum atomic E-state index is -0.307. The van der Waals surface area contributed by atoms with Crippen molar-refractivity contribution >= 4 is 11.8 Å². The minimum absolute atomic E-state index is 0.137. The largest absolute Gasteiger partial charge is 0.494 e. The topological polar surface area (TPSA) is 35.2 Å². The van der Waals surface area contributed by atoms with Gasteiger partial charge in [-0.3, -0.25) is 0 Å². The number of ether oxygens (including phenoxy) is 1. The third kappa shape index (κ3) is 3.13. The molecule has 0 aromatic heterocycles. The fourth-order valence-corrected chi connectivity index (χ4v) is 3.52. The maximum atomic E-state index is 13.5. The first kappa shape index (κ1) is 12.7. The van der Waals surface area contributed by atoms with Crippen LogP contribution in [-0.2, 0) is 6.42 Å². The molecule has 1 fully saturated rings. The number of halogens is 1. The first-order valence-electron chi connectivity index (χ1n) is 5.86. The van der Waals surface area contributed by atoms with Crippen molar-refractivity contribution in [3.8, 4) is 5.75 Å². The molecule has 1 aromatic rings. The highest BCUT2D eigenvalue weighted by molar-refractivity contribution is 7.99. The van der Waals surface area contributed by atoms with Crippen molar-refractivity contribution in [2.24, 2.45) is 11.7 Å². The van der Waals surface area contributed by atoms with Gasteiger partial charge in [0.25, 0.3) is 0 Å². The van der Waals surface area contributed by atoms with E-state index in [9.17, 15) is 4.39 Å². The highest BCUT2D eigenvalue weighted by Gasteiger charge is 2.22. The van der Waals surface area contributed by atoms with E-state index < -0.39 is 0 Å². The Bertz CT molecular complexity index is 380. The lowest BCUT2D eigenvalue weighted by Crippen LogP contribution is -2.32. The number of rotatable bonds is 4. The van der Waals surface area contributed by atoms with Gasteiger partial charge in [0.2, 0.25) is 0 Å². The molecule has 2 nitrogen and oxygen atoms in total. The molecule has 1 aliphatic heterocycles. The van der Waals surface area contributed by atoms with Crippen LogP contribution in [0.3, 0.4) is 0 Å². The second-order valence-corrected chi connectivity index (χ2v) is 5.61. The van der Waals surface area contributed by atoms with E-state index in [1.165, 1.54) is 25.3 Å². The van der Waals surface area contributed by atoms with Crippen LogP contribution in [0.5, 0.6) is 5.75 Å². The van der Waals surface area contributed by atoms with Crippen LogP contribution >= 0.6 is 11.8 Å². The Balaban J connectivity index is 2.00. The van der Waals surface area contributed by atoms with Crippen LogP contribution in [0.15, 0.2) is 18.2 Å². The highest BCUT2D eigenvalue weighted by atomic mass is 32.2. The highest BCUT2D eigenvalue weighted by Crippen LogP contribution is 2.27. The van der Waals surface area contributed by atoms with E-state index in [0.717, 1.165) is 17.7 Å². The van der Waals surface area contributed by atoms with Crippen LogP contribution in [-0.4, -0.2) is 24.7 Å². The summed E-state index contributed by atoms with van der Waals surface area (Å²) in [6.07, 6.45) is 1.93. The summed E-state index contributed by atoms with van der Waals surface area (Å²) in [5.41, 5.74) is 7.12. The van der Waals surface area contributed by atoms with Crippen LogP contribution in [0.2, 0.25) is 0 Å². The summed E-state index contributed by atoms with van der Waals surface area (Å²) in [5.74, 6) is 2.90. The van der Waals surface area contributed by atoms with Gasteiger partial charge in [-0.2, -0.15) is 11.8 Å². The molecule has 0 aliphatic carbocycles. The molecule has 1 aromatic carbocycles. The normalized spacial score (nSPS) is 21.5. The molecule has 4 heteroatoms. The van der Waals surface area contributed by atoms with E-state index in [1.54, 1.807) is 6.07 Å². The number of nitrogens with two attached hydrogens (primary N) is 1. The number of hydrogen-bond acceptors (Lipinski definition) is 3. The standard InChI is InChI=1S/C13H18FNOS/c1-16-13-3-2-9(6-11(13)14)7-12(15)10-4-5-17-8-10/h2-3,6,10,12H,4-5,7-8,15H2,1H3. The fraction of sp³-hybridized carbons (Fsp3) is 0.538. The van der Waals surface area contributed by atoms with Crippen LogP contribution < -0.4 is 10.5 Å². The Hall–Kier alpha value is -0.740. The maximum absolute atomic E-state index is 13.5. The van der Waals surface area contributed by atoms with Gasteiger partial charge in [-0.05, 0) is 48.0 Å². The van der Waals surface area contributed by atoms with Crippen LogP contribution in [0.4, 0.5) is 4.39 Å². The summed E-state index contributed by atoms with van der Waals surface area (Å²) in [6.45, 7) is 0. The SMILES string of the molecule is COc1ccc(CC(N)C2CCSC2)cc1F. The summed E-state index contributed by atoms with van der Waals surface area (Å²) in [6, 6.07) is 5.23. The van der Waals surface area contributed by atoms with Gasteiger partial charge >= 0.3 is 0 Å². The van der Waals surface area contributed by atoms with Gasteiger partial charge in [0.05, 0.1) is 7.11 Å². The average Bonchev–Trinajstić information content (AvgIpc) is 2.82. The second kappa shape index (κ2) is 5.74. The van der Waals surface area contributed by atoms with Crippen molar-refractivity contribution in [1.82, 2.24) is 0 Å². The first-order chi connectivity index (χ1) is 8.20. The molecule has 0 bridgehead atoms. The molecular formula is C13H18FNOS. The third-order valence-electron chi connectivity index (χ3n) is 3.26. The van der Waals surface area contributed by atoms with E-state index in [0.29, 0.717) is 11.7 Å². The van der Waals surface area contributed by atoms with Crippen LogP contribution in [0, 0.1) is 11.7 Å². The smallest absolute Gasteiger partial charge is 0.165 e. The third-order valence-corrected chi connectivity index (χ3v) is 4.45. The Labute approximate surface area is 106 Å². The Morgan fingerprint density at radius 2 is 2.41 bits per heavy atom. The molecule has 0 radical (unpaired) electrons. The number of hydrogen-bond donors (Lipinski definition) is 1. The van der Waals surface area contributed by atoms with Crippen molar-refractivity contribution in [3.63, 3.8) is 0 Å². The van der Waals surface area contributed by atoms with Gasteiger partial charge in [-0.25, -0.2) is 4.39 Å². The monoisotopic (exact) mass is 255 g/mol. The Kier molecular flexibility index (Phi) is 4.29. The molecule has 2 atom stereocenters. The number of benzene rings is 1. The minimum Gasteiger partial charge on any atom is -0.494 e. The lowest BCUT2D eigenvalue weighted by atomic mass is 9.94. The van der Waals surface area contributed by atoms with Gasteiger partial charge in [0.1, 0.15) is 0 Å². The van der Waals surface area contributed by atoms with Crippen molar-refractivity contribution in [3.05, 3.63) is 29.6 Å². The molecule has 94 valence electrons. The quantitative estimate of drug-likeness (QED) is 0.897. The van der Waals surface area contributed by atoms with Crippen LogP contribution in [0.1, 0.15) is 12.0 Å². The molecule has 2 N–H and O–H groups in total. The number of methoxy groups -OCH3 is 1. The zero-order valence-electron chi connectivity index (χ0n) is 9.99. The molecule has 1 heterocycles. The van der Waals surface area contributed by atoms with E-state index in [2.05, 4.69) is 0 Å². The summed E-state index contributed by atoms with van der Waals surface area (Å²) in [5, 5.41) is 0. The summed E-state index contributed by atoms with van der Waals surface area (Å²) >= 11 is 1.96. The average molecular weight is 255 g/mol. The van der Waals surface area contributed by atoms with E-state index >= 15 is 0 Å². The second-order valence-electron chi connectivity index (χ2n) is 4.46. The Morgan fingerprint density at radius 3 is 3.00 bits per heavy atom. The first-order valence-corrected chi connectivity index (χ1v) is 7.02. The molecule has 2 unspecified atom stereocenters. The van der Waals surface area contributed by atoms with Gasteiger partial charge in [0, 0.05) is 6.04 Å². The molecule has 0 amide bonds. The predicted molar refractivity (Wildman–Crippen MR) is 70.1 cm³/mol. The molecule has 0 spiro atoms. The molecular weight excluding hydrogens is 237 g/mol. The van der Waals surface area contributed by atoms with E-state index in [-0.39, 0.29) is 11.9 Å². The van der Waals surface area contributed by atoms with Crippen molar-refractivity contribution in [1.29, 1.82) is 0 Å². The molecule has 1 saturated heterocycles. The van der Waals surface area contributed by atoms with E-state index in [1.807, 2.05) is 17.8 Å². The lowest BCUT2D eigenvalue weighted by Gasteiger charge is -2.18. The summed E-state index contributed by atoms with van der Waals surface area (Å²) in [4.78, 5) is 0. The van der Waals surface area contributed by atoms with Gasteiger partial charge in [-0.1, -0.05) is 6.07 Å². The van der Waals surface area contributed by atoms with Gasteiger partial charge in [0.15, 0.2) is 11.6 Å². The molecule has 2 rings (SSSR count). The lowest BCUT2D eigenvalue weighted by molar-refractivity contribution is 0.385. The van der Waals surface area contributed by atoms with E-state index in [4.69, 9.17) is 10.5 Å². The molecule has 17 heavy (non-hydrogen) atoms. The maximum Gasteiger partial charge on any atom is 0.165 e. The Morgan fingerprint density at radius 1 is 1.59 bits per heavy atom. The predicted octanol–water partition coefficient (Wildman–Crippen LogP) is 2.46. The van der Waals surface area contributed by atoms with Gasteiger partial charge < -0.3 is 10.5 Å². The zero-order chi connectivity index (χ0) is 12.3. The van der Waals surface area contributed by atoms with Crippen LogP contribution in [0.25, 0.3) is 0 Å². The molecule has 1 aliphatic rings. The van der Waals surface area contributed by atoms with Crippen molar-refractivity contribution in [2.45, 2.75) is 18.9 Å². The van der Waals surface area contributed by atoms with Crippen molar-refractivity contribution in [2.75, 3.05) is 18.6 Å². The van der Waals surface area contributed by atoms with Crippen molar-refractivity contribution < 1.29 is 9.13 Å². The fourth-order valence-electron chi connectivity index (χ4n) is 2.17. The number of thioether (sulfide) groups is 1. The summed E-state index contributed by atoms with van der Waals surface area (Å²) in [7, 11) is 1.47. The zero-order valence-corrected chi connectivity index (χ0v) is 10.8. The molecule has 0 saturated carbocycles.